The maximum atomic E-state index is 14.5. The van der Waals surface area contributed by atoms with Crippen LogP contribution in [-0.4, -0.2) is 172 Å². The first-order valence-electron chi connectivity index (χ1n) is 25.6. The lowest BCUT2D eigenvalue weighted by molar-refractivity contribution is -0.371. The van der Waals surface area contributed by atoms with Gasteiger partial charge in [-0.2, -0.15) is 0 Å². The number of aliphatic hydroxyl groups is 1. The number of esters is 9. The zero-order valence-corrected chi connectivity index (χ0v) is 45.1. The molecular weight excluding hydrogens is 1080 g/mol. The molecule has 4 aromatic rings. The molecule has 0 aliphatic carbocycles. The predicted octanol–water partition coefficient (Wildman–Crippen LogP) is 3.78. The molecule has 7 rings (SSSR count). The maximum absolute atomic E-state index is 14.5. The van der Waals surface area contributed by atoms with Crippen molar-refractivity contribution in [1.29, 1.82) is 0 Å². The summed E-state index contributed by atoms with van der Waals surface area (Å²) >= 11 is 0. The van der Waals surface area contributed by atoms with Gasteiger partial charge < -0.3 is 76.2 Å². The minimum Gasteiger partial charge on any atom is -0.497 e. The number of aliphatic hydroxyl groups excluding tert-OH is 1. The van der Waals surface area contributed by atoms with E-state index in [0.29, 0.717) is 5.75 Å². The Bertz CT molecular complexity index is 2850. The van der Waals surface area contributed by atoms with Gasteiger partial charge in [0.15, 0.2) is 49.4 Å². The fraction of sp³-hybridized carbons (Fsp3) is 0.421. The first-order valence-corrected chi connectivity index (χ1v) is 25.6. The van der Waals surface area contributed by atoms with Crippen LogP contribution in [-0.2, 0) is 90.3 Å². The van der Waals surface area contributed by atoms with Gasteiger partial charge in [0.1, 0.15) is 62.2 Å². The summed E-state index contributed by atoms with van der Waals surface area (Å²) in [5, 5.41) is 11.2. The van der Waals surface area contributed by atoms with Gasteiger partial charge in [0.05, 0.1) is 29.4 Å². The lowest BCUT2D eigenvalue weighted by Gasteiger charge is -2.49. The van der Waals surface area contributed by atoms with Crippen molar-refractivity contribution in [3.63, 3.8) is 0 Å². The summed E-state index contributed by atoms with van der Waals surface area (Å²) in [6, 6.07) is 28.5. The first-order chi connectivity index (χ1) is 39.3. The minimum atomic E-state index is -2.06. The van der Waals surface area contributed by atoms with E-state index in [1.54, 1.807) is 30.3 Å². The molecular formula is C57H60O25. The van der Waals surface area contributed by atoms with Crippen molar-refractivity contribution in [3.05, 3.63) is 138 Å². The highest BCUT2D eigenvalue weighted by molar-refractivity contribution is 5.91. The van der Waals surface area contributed by atoms with E-state index < -0.39 is 166 Å². The Hall–Kier alpha value is -8.33. The fourth-order valence-corrected chi connectivity index (χ4v) is 8.96. The molecule has 0 saturated carbocycles. The summed E-state index contributed by atoms with van der Waals surface area (Å²) in [4.78, 5) is 120. The standard InChI is InChI=1S/C57H60O25/c1-30(58)69-27-42-46(72-32(3)60)48(73-33(4)61)50(74-34(5)62)56(77-42)82-47-43(28-70-31(2)59)78-57(51(80-55(67)37-20-14-9-15-21-37)49(47)79-54(66)36-18-12-8-13-19-36)81-45-40(76-53(65)35-16-10-7-11-17-35)26-44(63)75-41(45)29-71-52(64)38-22-24-39(68-6)25-23-38/h7-25,40-51,56-57,63H,26-29H2,1-6H3/t40-,41-,42-,43-,44-,45+,46+,47+,48+,49+,50-,51-,56-,57+/m1/s1. The largest absolute Gasteiger partial charge is 0.497 e. The molecule has 3 saturated heterocycles. The van der Waals surface area contributed by atoms with Crippen LogP contribution in [0.4, 0.5) is 0 Å². The van der Waals surface area contributed by atoms with Crippen LogP contribution >= 0.6 is 0 Å². The van der Waals surface area contributed by atoms with Gasteiger partial charge in [-0.05, 0) is 60.7 Å². The zero-order chi connectivity index (χ0) is 59.0. The molecule has 0 unspecified atom stereocenters. The Labute approximate surface area is 469 Å². The van der Waals surface area contributed by atoms with E-state index in [9.17, 15) is 48.3 Å². The second-order valence-corrected chi connectivity index (χ2v) is 18.6. The van der Waals surface area contributed by atoms with E-state index in [1.165, 1.54) is 92.0 Å². The highest BCUT2D eigenvalue weighted by Gasteiger charge is 2.59. The molecule has 0 amide bonds. The Morgan fingerprint density at radius 3 is 1.26 bits per heavy atom. The summed E-state index contributed by atoms with van der Waals surface area (Å²) in [6.45, 7) is 2.92. The number of benzene rings is 4. The van der Waals surface area contributed by atoms with Crippen LogP contribution in [0.5, 0.6) is 5.75 Å². The third kappa shape index (κ3) is 16.6. The molecule has 1 N–H and O–H groups in total. The lowest BCUT2D eigenvalue weighted by atomic mass is 9.95. The zero-order valence-electron chi connectivity index (χ0n) is 45.1. The van der Waals surface area contributed by atoms with Gasteiger partial charge in [-0.3, -0.25) is 24.0 Å². The quantitative estimate of drug-likeness (QED) is 0.0916. The third-order valence-corrected chi connectivity index (χ3v) is 12.5. The van der Waals surface area contributed by atoms with Crippen LogP contribution in [0.2, 0.25) is 0 Å². The van der Waals surface area contributed by atoms with Gasteiger partial charge in [0.25, 0.3) is 0 Å². The Balaban J connectivity index is 1.38. The third-order valence-electron chi connectivity index (χ3n) is 12.5. The van der Waals surface area contributed by atoms with Crippen molar-refractivity contribution in [2.75, 3.05) is 26.9 Å². The molecule has 3 aliphatic heterocycles. The number of carbonyl (C=O) groups is 9. The summed E-state index contributed by atoms with van der Waals surface area (Å²) in [5.74, 6) is -8.16. The van der Waals surface area contributed by atoms with Crippen LogP contribution in [0.25, 0.3) is 0 Å². The summed E-state index contributed by atoms with van der Waals surface area (Å²) < 4.78 is 89.4. The lowest BCUT2D eigenvalue weighted by Crippen LogP contribution is -2.68. The molecule has 25 nitrogen and oxygen atoms in total. The Kier molecular flexibility index (Phi) is 21.6. The van der Waals surface area contributed by atoms with E-state index in [4.69, 9.17) is 71.1 Å². The minimum absolute atomic E-state index is 0.0596. The first kappa shape index (κ1) is 61.3. The van der Waals surface area contributed by atoms with E-state index in [2.05, 4.69) is 0 Å². The molecule has 3 aliphatic rings. The fourth-order valence-electron chi connectivity index (χ4n) is 8.96. The molecule has 0 bridgehead atoms. The summed E-state index contributed by atoms with van der Waals surface area (Å²) in [7, 11) is 1.44. The molecule has 14 atom stereocenters. The van der Waals surface area contributed by atoms with Crippen LogP contribution in [0.1, 0.15) is 82.5 Å². The van der Waals surface area contributed by atoms with Crippen molar-refractivity contribution in [2.45, 2.75) is 127 Å². The maximum Gasteiger partial charge on any atom is 0.338 e. The van der Waals surface area contributed by atoms with Gasteiger partial charge in [0.2, 0.25) is 0 Å². The molecule has 25 heteroatoms. The average molecular weight is 1150 g/mol. The van der Waals surface area contributed by atoms with Crippen molar-refractivity contribution in [3.8, 4) is 5.75 Å². The molecule has 3 fully saturated rings. The predicted molar refractivity (Wildman–Crippen MR) is 273 cm³/mol. The second-order valence-electron chi connectivity index (χ2n) is 18.6. The van der Waals surface area contributed by atoms with E-state index in [0.717, 1.165) is 34.6 Å². The number of hydrogen-bond donors (Lipinski definition) is 1. The summed E-state index contributed by atoms with van der Waals surface area (Å²) in [6.07, 6.45) is -25.7. The van der Waals surface area contributed by atoms with Crippen LogP contribution in [0.3, 0.4) is 0 Å². The monoisotopic (exact) mass is 1140 g/mol. The number of rotatable bonds is 21. The van der Waals surface area contributed by atoms with Crippen molar-refractivity contribution >= 4 is 53.7 Å². The highest BCUT2D eigenvalue weighted by Crippen LogP contribution is 2.38. The van der Waals surface area contributed by atoms with Crippen LogP contribution in [0, 0.1) is 0 Å². The molecule has 4 aromatic carbocycles. The average Bonchev–Trinajstić information content (AvgIpc) is 3.25. The van der Waals surface area contributed by atoms with Gasteiger partial charge in [-0.1, -0.05) is 54.6 Å². The number of ether oxygens (including phenoxy) is 15. The Morgan fingerprint density at radius 2 is 0.780 bits per heavy atom. The van der Waals surface area contributed by atoms with Gasteiger partial charge in [-0.15, -0.1) is 0 Å². The SMILES string of the molecule is COc1ccc(C(=O)OC[C@H]2O[C@@H](O)C[C@@H](OC(=O)c3ccccc3)[C@@H]2O[C@@H]2O[C@H](COC(C)=O)[C@H](O[C@H]3O[C@H](COC(C)=O)[C@H](OC(C)=O)[C@H](OC(C)=O)[C@H]3OC(C)=O)[C@H](OC(=O)c3ccccc3)[C@H]2OC(=O)c2ccccc2)cc1. The number of hydrogen-bond acceptors (Lipinski definition) is 25. The van der Waals surface area contributed by atoms with Crippen molar-refractivity contribution < 1.29 is 119 Å². The van der Waals surface area contributed by atoms with Gasteiger partial charge in [-0.25, -0.2) is 19.2 Å². The van der Waals surface area contributed by atoms with E-state index in [-0.39, 0.29) is 22.3 Å². The molecule has 438 valence electrons. The van der Waals surface area contributed by atoms with Crippen LogP contribution in [0.15, 0.2) is 115 Å². The topological polar surface area (TPSA) is 312 Å². The van der Waals surface area contributed by atoms with Crippen LogP contribution < -0.4 is 4.74 Å². The van der Waals surface area contributed by atoms with E-state index in [1.807, 2.05) is 0 Å². The highest BCUT2D eigenvalue weighted by atomic mass is 16.8. The second kappa shape index (κ2) is 28.9. The van der Waals surface area contributed by atoms with E-state index >= 15 is 0 Å². The smallest absolute Gasteiger partial charge is 0.338 e. The molecule has 0 radical (unpaired) electrons. The molecule has 82 heavy (non-hydrogen) atoms. The number of methoxy groups -OCH3 is 1. The Morgan fingerprint density at radius 1 is 0.402 bits per heavy atom. The van der Waals surface area contributed by atoms with Crippen molar-refractivity contribution in [2.24, 2.45) is 0 Å². The normalized spacial score (nSPS) is 26.7. The van der Waals surface area contributed by atoms with Gasteiger partial charge >= 0.3 is 53.7 Å². The summed E-state index contributed by atoms with van der Waals surface area (Å²) in [5.41, 5.74) is 0.0214. The molecule has 0 aromatic heterocycles. The van der Waals surface area contributed by atoms with Gasteiger partial charge in [0, 0.05) is 41.0 Å². The molecule has 0 spiro atoms. The number of carbonyl (C=O) groups excluding carboxylic acids is 9. The van der Waals surface area contributed by atoms with Crippen molar-refractivity contribution in [1.82, 2.24) is 0 Å². The molecule has 3 heterocycles.